The Bertz CT molecular complexity index is 31.8. The van der Waals surface area contributed by atoms with E-state index in [1.54, 1.807) is 0 Å². The molecule has 0 radical (unpaired) electrons. The standard InChI is InChI=1S/Ag.HNO3.H2N/c;2-1(3)4;/h;(H,2,3,4);1H2/q+1;;-1. The molecule has 5 nitrogen and oxygen atoms in total. The number of rotatable bonds is 0. The van der Waals surface area contributed by atoms with Crippen LogP contribution in [-0.4, -0.2) is 10.3 Å². The van der Waals surface area contributed by atoms with Crippen molar-refractivity contribution in [2.75, 3.05) is 0 Å². The number of nitrogens with zero attached hydrogens (tertiary/aromatic N) is 1. The van der Waals surface area contributed by atoms with Crippen molar-refractivity contribution < 1.29 is 31.6 Å². The zero-order chi connectivity index (χ0) is 5.58. The van der Waals surface area contributed by atoms with Crippen LogP contribution in [0.1, 0.15) is 0 Å². The molecule has 0 heterocycles. The van der Waals surface area contributed by atoms with Crippen molar-refractivity contribution >= 4 is 0 Å². The number of nitrogens with two attached hydrogens (primary N) is 1. The molecule has 3 N–H and O–H groups in total. The number of hydrogen-bond donors (Lipinski definition) is 2. The Morgan fingerprint density at radius 1 is 1.83 bits per heavy atom. The summed E-state index contributed by atoms with van der Waals surface area (Å²) in [6, 6.07) is 0. The molecule has 0 bridgehead atoms. The molecule has 0 aromatic heterocycles. The molecular weight excluding hydrogens is 184 g/mol. The molecule has 0 rings (SSSR count). The first-order valence-electron chi connectivity index (χ1n) is 0.739. The average Bonchev–Trinajstić information content (AvgIpc) is 1.41. The van der Waals surface area contributed by atoms with Crippen LogP contribution < -0.4 is 4.14 Å². The Balaban J connectivity index is 0. The summed E-state index contributed by atoms with van der Waals surface area (Å²) in [5.74, 6) is 0. The molecule has 0 aromatic rings. The Kier molecular flexibility index (Phi) is 13.8. The third kappa shape index (κ3) is 3300. The normalized spacial score (nSPS) is 5.17. The second kappa shape index (κ2) is 8.86. The Morgan fingerprint density at radius 2 is 1.83 bits per heavy atom. The second-order valence-corrected chi connectivity index (χ2v) is 0.238. The van der Waals surface area contributed by atoms with Crippen molar-refractivity contribution in [3.05, 3.63) is 10.1 Å². The van der Waals surface area contributed by atoms with Gasteiger partial charge in [0.1, 0.15) is 0 Å². The van der Waals surface area contributed by atoms with Crippen LogP contribution in [-0.2, 0) is 21.3 Å². The Morgan fingerprint density at radius 3 is 1.83 bits per heavy atom. The second-order valence-electron chi connectivity index (χ2n) is 0.238. The van der Waals surface area contributed by atoms with Crippen LogP contribution >= 0.6 is 0 Å². The van der Waals surface area contributed by atoms with E-state index >= 15 is 0 Å². The topological polar surface area (TPSA) is 89.4 Å². The molecule has 0 aromatic carbocycles. The summed E-state index contributed by atoms with van der Waals surface area (Å²) in [6.45, 7) is 0. The van der Waals surface area contributed by atoms with Crippen molar-refractivity contribution in [2.45, 2.75) is 0 Å². The van der Waals surface area contributed by atoms with Gasteiger partial charge < -0.3 is 5.21 Å². The summed E-state index contributed by atoms with van der Waals surface area (Å²) in [5, 5.41) is 13.6. The van der Waals surface area contributed by atoms with Gasteiger partial charge in [-0.2, -0.15) is 0 Å². The Labute approximate surface area is 46.5 Å². The fourth-order valence-corrected chi connectivity index (χ4v) is 0. The van der Waals surface area contributed by atoms with Crippen LogP contribution in [0.4, 0.5) is 0 Å². The zero-order valence-electron chi connectivity index (χ0n) is 2.59. The fraction of sp³-hybridized carbons (Fsp3) is 0. The first kappa shape index (κ1) is 9.31. The van der Waals surface area contributed by atoms with Crippen molar-refractivity contribution in [1.29, 1.82) is 0 Å². The summed E-state index contributed by atoms with van der Waals surface area (Å²) in [5.41, 5.74) is 0. The third-order valence-electron chi connectivity index (χ3n) is 0. The SMILES string of the molecule is O=[N+]([O-])O.[NH2][Ag]. The van der Waals surface area contributed by atoms with E-state index in [9.17, 15) is 0 Å². The van der Waals surface area contributed by atoms with Gasteiger partial charge in [-0.3, -0.25) is 0 Å². The van der Waals surface area contributed by atoms with E-state index in [1.165, 1.54) is 0 Å². The zero-order valence-corrected chi connectivity index (χ0v) is 4.07. The van der Waals surface area contributed by atoms with Crippen molar-refractivity contribution in [3.8, 4) is 0 Å². The molecule has 6 heteroatoms. The van der Waals surface area contributed by atoms with Crippen LogP contribution in [0, 0.1) is 10.1 Å². The minimum absolute atomic E-state index is 1.50. The summed E-state index contributed by atoms with van der Waals surface area (Å²) < 4.78 is 4.31. The third-order valence-corrected chi connectivity index (χ3v) is 0. The first-order valence-corrected chi connectivity index (χ1v) is 1.60. The van der Waals surface area contributed by atoms with E-state index in [2.05, 4.69) is 25.5 Å². The summed E-state index contributed by atoms with van der Waals surface area (Å²) >= 11 is 2.45. The van der Waals surface area contributed by atoms with Crippen LogP contribution in [0.25, 0.3) is 0 Å². The van der Waals surface area contributed by atoms with E-state index in [0.717, 1.165) is 0 Å². The molecule has 0 aliphatic rings. The van der Waals surface area contributed by atoms with Crippen LogP contribution in [0.15, 0.2) is 0 Å². The summed E-state index contributed by atoms with van der Waals surface area (Å²) in [4.78, 5) is 8.36. The maximum atomic E-state index is 8.36. The molecule has 0 aliphatic carbocycles. The van der Waals surface area contributed by atoms with E-state index in [4.69, 9.17) is 15.3 Å². The van der Waals surface area contributed by atoms with Crippen molar-refractivity contribution in [3.63, 3.8) is 0 Å². The summed E-state index contributed by atoms with van der Waals surface area (Å²) in [7, 11) is 0. The molecule has 42 valence electrons. The first-order chi connectivity index (χ1) is 2.73. The molecule has 0 aliphatic heterocycles. The van der Waals surface area contributed by atoms with E-state index in [1.807, 2.05) is 0 Å². The van der Waals surface area contributed by atoms with E-state index < -0.39 is 5.09 Å². The van der Waals surface area contributed by atoms with Gasteiger partial charge in [0.15, 0.2) is 0 Å². The average molecular weight is 187 g/mol. The fourth-order valence-electron chi connectivity index (χ4n) is 0. The predicted molar refractivity (Wildman–Crippen MR) is 13.0 cm³/mol. The molecule has 0 atom stereocenters. The number of hydrogen-bond acceptors (Lipinski definition) is 3. The van der Waals surface area contributed by atoms with E-state index in [-0.39, 0.29) is 0 Å². The minimum atomic E-state index is -1.50. The van der Waals surface area contributed by atoms with Gasteiger partial charge in [-0.1, -0.05) is 0 Å². The van der Waals surface area contributed by atoms with Crippen LogP contribution in [0.5, 0.6) is 0 Å². The maximum absolute atomic E-state index is 8.36. The molecule has 0 unspecified atom stereocenters. The summed E-state index contributed by atoms with van der Waals surface area (Å²) in [6.07, 6.45) is 0. The van der Waals surface area contributed by atoms with E-state index in [0.29, 0.717) is 0 Å². The van der Waals surface area contributed by atoms with Gasteiger partial charge in [-0.05, 0) is 0 Å². The van der Waals surface area contributed by atoms with Crippen LogP contribution in [0.3, 0.4) is 0 Å². The Hall–Kier alpha value is -0.0997. The predicted octanol–water partition coefficient (Wildman–Crippen LogP) is -0.941. The molecule has 0 fully saturated rings. The van der Waals surface area contributed by atoms with Gasteiger partial charge in [0.25, 0.3) is 5.09 Å². The molecule has 0 spiro atoms. The van der Waals surface area contributed by atoms with Gasteiger partial charge >= 0.3 is 25.5 Å². The molecule has 6 heavy (non-hydrogen) atoms. The molecule has 0 saturated heterocycles. The molecular formula is H3AgN2O3. The van der Waals surface area contributed by atoms with Crippen LogP contribution in [0.2, 0.25) is 0 Å². The quantitative estimate of drug-likeness (QED) is 0.291. The van der Waals surface area contributed by atoms with Gasteiger partial charge in [-0.15, -0.1) is 10.1 Å². The van der Waals surface area contributed by atoms with Gasteiger partial charge in [-0.25, -0.2) is 0 Å². The van der Waals surface area contributed by atoms with Gasteiger partial charge in [0.05, 0.1) is 0 Å². The van der Waals surface area contributed by atoms with Gasteiger partial charge in [0.2, 0.25) is 0 Å². The van der Waals surface area contributed by atoms with Crippen molar-refractivity contribution in [1.82, 2.24) is 0 Å². The van der Waals surface area contributed by atoms with Crippen molar-refractivity contribution in [2.24, 2.45) is 4.14 Å². The monoisotopic (exact) mass is 186 g/mol. The molecule has 0 amide bonds. The molecule has 0 saturated carbocycles. The van der Waals surface area contributed by atoms with Gasteiger partial charge in [0, 0.05) is 0 Å².